The molecule has 9 heteroatoms. The van der Waals surface area contributed by atoms with Crippen molar-refractivity contribution < 1.29 is 14.5 Å². The van der Waals surface area contributed by atoms with Crippen LogP contribution in [0, 0.1) is 10.1 Å². The molecule has 3 rings (SSSR count). The summed E-state index contributed by atoms with van der Waals surface area (Å²) in [4.78, 5) is 35.0. The second-order valence-electron chi connectivity index (χ2n) is 5.48. The lowest BCUT2D eigenvalue weighted by Crippen LogP contribution is -2.47. The Morgan fingerprint density at radius 1 is 1.16 bits per heavy atom. The van der Waals surface area contributed by atoms with E-state index < -0.39 is 10.9 Å². The summed E-state index contributed by atoms with van der Waals surface area (Å²) in [5.41, 5.74) is 0.676. The van der Waals surface area contributed by atoms with Crippen LogP contribution in [0.3, 0.4) is 0 Å². The van der Waals surface area contributed by atoms with Gasteiger partial charge in [-0.3, -0.25) is 10.1 Å². The molecule has 2 aromatic rings. The first-order valence-corrected chi connectivity index (χ1v) is 7.74. The van der Waals surface area contributed by atoms with Crippen LogP contribution in [0.1, 0.15) is 10.4 Å². The van der Waals surface area contributed by atoms with Crippen LogP contribution in [-0.4, -0.2) is 54.1 Å². The molecule has 2 heterocycles. The van der Waals surface area contributed by atoms with Gasteiger partial charge < -0.3 is 14.5 Å². The van der Waals surface area contributed by atoms with Crippen molar-refractivity contribution in [1.29, 1.82) is 0 Å². The van der Waals surface area contributed by atoms with Gasteiger partial charge in [-0.2, -0.15) is 0 Å². The van der Waals surface area contributed by atoms with Gasteiger partial charge in [-0.15, -0.1) is 0 Å². The minimum Gasteiger partial charge on any atom is -0.465 e. The summed E-state index contributed by atoms with van der Waals surface area (Å²) >= 11 is 0. The summed E-state index contributed by atoms with van der Waals surface area (Å²) in [6, 6.07) is 6.01. The summed E-state index contributed by atoms with van der Waals surface area (Å²) in [7, 11) is 1.28. The van der Waals surface area contributed by atoms with Gasteiger partial charge in [0.15, 0.2) is 0 Å². The number of benzene rings is 1. The predicted molar refractivity (Wildman–Crippen MR) is 90.9 cm³/mol. The number of nitro benzene ring substituents is 1. The number of anilines is 2. The van der Waals surface area contributed by atoms with E-state index in [0.29, 0.717) is 37.8 Å². The highest BCUT2D eigenvalue weighted by Gasteiger charge is 2.26. The van der Waals surface area contributed by atoms with Gasteiger partial charge in [0.25, 0.3) is 5.69 Å². The topological polar surface area (TPSA) is 102 Å². The van der Waals surface area contributed by atoms with Gasteiger partial charge in [-0.25, -0.2) is 14.8 Å². The van der Waals surface area contributed by atoms with Gasteiger partial charge in [-0.05, 0) is 18.2 Å². The zero-order chi connectivity index (χ0) is 17.8. The summed E-state index contributed by atoms with van der Waals surface area (Å²) in [6.07, 6.45) is 3.36. The van der Waals surface area contributed by atoms with Gasteiger partial charge in [0.1, 0.15) is 5.69 Å². The fraction of sp³-hybridized carbons (Fsp3) is 0.312. The van der Waals surface area contributed by atoms with Gasteiger partial charge >= 0.3 is 5.97 Å². The minimum absolute atomic E-state index is 0.0305. The third-order valence-corrected chi connectivity index (χ3v) is 4.05. The lowest BCUT2D eigenvalue weighted by molar-refractivity contribution is -0.384. The molecule has 1 saturated heterocycles. The average molecular weight is 343 g/mol. The van der Waals surface area contributed by atoms with Crippen molar-refractivity contribution in [3.8, 4) is 0 Å². The molecule has 1 aromatic heterocycles. The Labute approximate surface area is 144 Å². The number of hydrogen-bond donors (Lipinski definition) is 0. The predicted octanol–water partition coefficient (Wildman–Crippen LogP) is 1.50. The summed E-state index contributed by atoms with van der Waals surface area (Å²) in [5.74, 6) is 0.118. The number of carbonyl (C=O) groups is 1. The van der Waals surface area contributed by atoms with Crippen molar-refractivity contribution >= 4 is 23.3 Å². The van der Waals surface area contributed by atoms with Crippen LogP contribution in [0.2, 0.25) is 0 Å². The lowest BCUT2D eigenvalue weighted by atomic mass is 10.1. The molecule has 0 bridgehead atoms. The summed E-state index contributed by atoms with van der Waals surface area (Å²) < 4.78 is 4.70. The van der Waals surface area contributed by atoms with Crippen LogP contribution in [0.25, 0.3) is 0 Å². The minimum atomic E-state index is -0.521. The molecule has 0 amide bonds. The zero-order valence-electron chi connectivity index (χ0n) is 13.7. The number of carbonyl (C=O) groups excluding carboxylic acids is 1. The fourth-order valence-electron chi connectivity index (χ4n) is 2.78. The van der Waals surface area contributed by atoms with E-state index in [4.69, 9.17) is 4.74 Å². The van der Waals surface area contributed by atoms with Gasteiger partial charge in [-0.1, -0.05) is 0 Å². The van der Waals surface area contributed by atoms with Crippen molar-refractivity contribution in [3.63, 3.8) is 0 Å². The quantitative estimate of drug-likeness (QED) is 0.467. The molecule has 1 aliphatic heterocycles. The Kier molecular flexibility index (Phi) is 4.73. The van der Waals surface area contributed by atoms with Gasteiger partial charge in [0, 0.05) is 44.6 Å². The number of aromatic nitrogens is 2. The Balaban J connectivity index is 1.82. The molecular weight excluding hydrogens is 326 g/mol. The second-order valence-corrected chi connectivity index (χ2v) is 5.48. The molecule has 0 spiro atoms. The molecule has 0 radical (unpaired) electrons. The molecule has 1 aromatic carbocycles. The van der Waals surface area contributed by atoms with Crippen molar-refractivity contribution in [2.24, 2.45) is 0 Å². The second kappa shape index (κ2) is 7.12. The Bertz CT molecular complexity index is 775. The van der Waals surface area contributed by atoms with Crippen LogP contribution in [0.15, 0.2) is 36.7 Å². The first-order chi connectivity index (χ1) is 12.1. The molecule has 1 aliphatic rings. The summed E-state index contributed by atoms with van der Waals surface area (Å²) in [6.45, 7) is 2.38. The highest BCUT2D eigenvalue weighted by molar-refractivity contribution is 5.91. The van der Waals surface area contributed by atoms with Crippen molar-refractivity contribution in [3.05, 3.63) is 52.3 Å². The number of esters is 1. The maximum atomic E-state index is 11.7. The van der Waals surface area contributed by atoms with Crippen LogP contribution < -0.4 is 9.80 Å². The number of rotatable bonds is 4. The van der Waals surface area contributed by atoms with Crippen molar-refractivity contribution in [1.82, 2.24) is 9.97 Å². The molecule has 25 heavy (non-hydrogen) atoms. The lowest BCUT2D eigenvalue weighted by Gasteiger charge is -2.35. The smallest absolute Gasteiger partial charge is 0.337 e. The Morgan fingerprint density at radius 3 is 2.40 bits per heavy atom. The van der Waals surface area contributed by atoms with E-state index in [1.54, 1.807) is 18.5 Å². The normalized spacial score (nSPS) is 14.3. The molecular formula is C16H17N5O4. The van der Waals surface area contributed by atoms with E-state index in [2.05, 4.69) is 9.97 Å². The van der Waals surface area contributed by atoms with Crippen molar-refractivity contribution in [2.75, 3.05) is 43.1 Å². The van der Waals surface area contributed by atoms with Crippen LogP contribution in [-0.2, 0) is 4.74 Å². The van der Waals surface area contributed by atoms with Crippen molar-refractivity contribution in [2.45, 2.75) is 0 Å². The van der Waals surface area contributed by atoms with E-state index in [1.165, 1.54) is 25.3 Å². The van der Waals surface area contributed by atoms with E-state index in [1.807, 2.05) is 9.80 Å². The molecule has 0 unspecified atom stereocenters. The van der Waals surface area contributed by atoms with E-state index >= 15 is 0 Å². The van der Waals surface area contributed by atoms with Crippen LogP contribution in [0.5, 0.6) is 0 Å². The zero-order valence-corrected chi connectivity index (χ0v) is 13.7. The monoisotopic (exact) mass is 343 g/mol. The highest BCUT2D eigenvalue weighted by Crippen LogP contribution is 2.30. The fourth-order valence-corrected chi connectivity index (χ4v) is 2.78. The van der Waals surface area contributed by atoms with E-state index in [-0.39, 0.29) is 11.3 Å². The Hall–Kier alpha value is -3.23. The maximum absolute atomic E-state index is 11.7. The number of methoxy groups -OCH3 is 1. The van der Waals surface area contributed by atoms with Gasteiger partial charge in [0.05, 0.1) is 17.6 Å². The first-order valence-electron chi connectivity index (χ1n) is 7.74. The molecule has 130 valence electrons. The van der Waals surface area contributed by atoms with Gasteiger partial charge in [0.2, 0.25) is 5.95 Å². The third kappa shape index (κ3) is 3.49. The third-order valence-electron chi connectivity index (χ3n) is 4.05. The number of nitro groups is 1. The average Bonchev–Trinajstić information content (AvgIpc) is 2.67. The number of hydrogen-bond acceptors (Lipinski definition) is 8. The SMILES string of the molecule is COC(=O)c1ccc([N+](=O)[O-])c(N2CCN(c3ncccn3)CC2)c1. The maximum Gasteiger partial charge on any atom is 0.337 e. The molecule has 1 fully saturated rings. The highest BCUT2D eigenvalue weighted by atomic mass is 16.6. The molecule has 0 aliphatic carbocycles. The standard InChI is InChI=1S/C16H17N5O4/c1-25-15(22)12-3-4-13(21(23)24)14(11-12)19-7-9-20(10-8-19)16-17-5-2-6-18-16/h2-6,11H,7-10H2,1H3. The van der Waals surface area contributed by atoms with E-state index in [9.17, 15) is 14.9 Å². The number of piperazine rings is 1. The van der Waals surface area contributed by atoms with Crippen LogP contribution in [0.4, 0.5) is 17.3 Å². The number of nitrogens with zero attached hydrogens (tertiary/aromatic N) is 5. The summed E-state index contributed by atoms with van der Waals surface area (Å²) in [5, 5.41) is 11.3. The largest absolute Gasteiger partial charge is 0.465 e. The van der Waals surface area contributed by atoms with E-state index in [0.717, 1.165) is 0 Å². The van der Waals surface area contributed by atoms with Crippen LogP contribution >= 0.6 is 0 Å². The number of ether oxygens (including phenoxy) is 1. The Morgan fingerprint density at radius 2 is 1.80 bits per heavy atom. The molecule has 0 N–H and O–H groups in total. The molecule has 9 nitrogen and oxygen atoms in total. The first kappa shape index (κ1) is 16.6. The molecule has 0 atom stereocenters. The molecule has 0 saturated carbocycles.